The second kappa shape index (κ2) is 6.72. The van der Waals surface area contributed by atoms with Crippen LogP contribution in [-0.4, -0.2) is 62.7 Å². The van der Waals surface area contributed by atoms with Gasteiger partial charge in [0.05, 0.1) is 0 Å². The minimum atomic E-state index is 0.807. The number of piperidine rings is 1. The summed E-state index contributed by atoms with van der Waals surface area (Å²) in [7, 11) is 2.25. The number of nitrogens with one attached hydrogen (secondary N) is 1. The Morgan fingerprint density at radius 2 is 1.94 bits per heavy atom. The molecule has 0 aromatic heterocycles. The predicted molar refractivity (Wildman–Crippen MR) is 73.3 cm³/mol. The highest BCUT2D eigenvalue weighted by atomic mass is 15.1. The normalized spacial score (nSPS) is 31.1. The quantitative estimate of drug-likeness (QED) is 0.783. The van der Waals surface area contributed by atoms with Gasteiger partial charge < -0.3 is 15.1 Å². The summed E-state index contributed by atoms with van der Waals surface area (Å²) in [6.07, 6.45) is 4.12. The molecule has 3 heteroatoms. The van der Waals surface area contributed by atoms with Crippen molar-refractivity contribution in [3.63, 3.8) is 0 Å². The van der Waals surface area contributed by atoms with Gasteiger partial charge in [-0.05, 0) is 70.9 Å². The molecule has 2 fully saturated rings. The summed E-state index contributed by atoms with van der Waals surface area (Å²) in [5, 5.41) is 3.53. The molecule has 100 valence electrons. The zero-order valence-corrected chi connectivity index (χ0v) is 11.6. The number of hydrogen-bond acceptors (Lipinski definition) is 3. The molecular formula is C14H29N3. The average Bonchev–Trinajstić information content (AvgIpc) is 2.28. The van der Waals surface area contributed by atoms with Crippen molar-refractivity contribution >= 4 is 0 Å². The van der Waals surface area contributed by atoms with Gasteiger partial charge in [0.25, 0.3) is 0 Å². The molecule has 0 radical (unpaired) electrons. The molecule has 1 unspecified atom stereocenters. The lowest BCUT2D eigenvalue weighted by molar-refractivity contribution is 0.142. The fourth-order valence-corrected chi connectivity index (χ4v) is 3.15. The van der Waals surface area contributed by atoms with E-state index in [1.807, 2.05) is 0 Å². The van der Waals surface area contributed by atoms with Crippen LogP contribution in [0.1, 0.15) is 26.2 Å². The van der Waals surface area contributed by atoms with Gasteiger partial charge in [-0.1, -0.05) is 6.92 Å². The van der Waals surface area contributed by atoms with Gasteiger partial charge in [0.1, 0.15) is 0 Å². The number of nitrogens with zero attached hydrogens (tertiary/aromatic N) is 2. The van der Waals surface area contributed by atoms with Crippen LogP contribution in [-0.2, 0) is 0 Å². The Hall–Kier alpha value is -0.120. The molecule has 2 rings (SSSR count). The smallest absolute Gasteiger partial charge is 0.00193 e. The van der Waals surface area contributed by atoms with Gasteiger partial charge in [-0.2, -0.15) is 0 Å². The molecule has 0 bridgehead atoms. The van der Waals surface area contributed by atoms with Gasteiger partial charge >= 0.3 is 0 Å². The minimum absolute atomic E-state index is 0.807. The average molecular weight is 239 g/mol. The molecule has 0 aromatic carbocycles. The van der Waals surface area contributed by atoms with Crippen LogP contribution in [0.25, 0.3) is 0 Å². The van der Waals surface area contributed by atoms with Crippen molar-refractivity contribution in [2.45, 2.75) is 26.2 Å². The number of hydrogen-bond donors (Lipinski definition) is 1. The molecule has 2 aliphatic heterocycles. The summed E-state index contributed by atoms with van der Waals surface area (Å²) >= 11 is 0. The molecule has 0 saturated carbocycles. The second-order valence-electron chi connectivity index (χ2n) is 6.17. The van der Waals surface area contributed by atoms with Crippen molar-refractivity contribution in [2.75, 3.05) is 52.9 Å². The maximum atomic E-state index is 3.53. The van der Waals surface area contributed by atoms with Crippen LogP contribution in [0.3, 0.4) is 0 Å². The molecule has 0 amide bonds. The lowest BCUT2D eigenvalue weighted by Crippen LogP contribution is -2.42. The first-order valence-corrected chi connectivity index (χ1v) is 7.35. The standard InChI is InChI=1S/C14H29N3/c1-13-10-15-6-3-7-17(11-13)12-14-4-8-16(2)9-5-14/h13-15H,3-12H2,1-2H3. The summed E-state index contributed by atoms with van der Waals surface area (Å²) in [5.41, 5.74) is 0. The zero-order valence-electron chi connectivity index (χ0n) is 11.6. The maximum absolute atomic E-state index is 3.53. The predicted octanol–water partition coefficient (Wildman–Crippen LogP) is 1.26. The lowest BCUT2D eigenvalue weighted by Gasteiger charge is -2.35. The minimum Gasteiger partial charge on any atom is -0.316 e. The van der Waals surface area contributed by atoms with Gasteiger partial charge in [-0.15, -0.1) is 0 Å². The molecule has 3 nitrogen and oxygen atoms in total. The molecule has 1 atom stereocenters. The van der Waals surface area contributed by atoms with E-state index in [1.165, 1.54) is 65.1 Å². The van der Waals surface area contributed by atoms with E-state index in [4.69, 9.17) is 0 Å². The Balaban J connectivity index is 1.75. The van der Waals surface area contributed by atoms with E-state index in [0.29, 0.717) is 0 Å². The Bertz CT molecular complexity index is 212. The third-order valence-corrected chi connectivity index (χ3v) is 4.25. The van der Waals surface area contributed by atoms with Crippen molar-refractivity contribution in [3.8, 4) is 0 Å². The van der Waals surface area contributed by atoms with Gasteiger partial charge in [0.2, 0.25) is 0 Å². The first-order chi connectivity index (χ1) is 8.24. The van der Waals surface area contributed by atoms with Crippen molar-refractivity contribution in [1.82, 2.24) is 15.1 Å². The Kier molecular flexibility index (Phi) is 5.26. The fraction of sp³-hybridized carbons (Fsp3) is 1.00. The third-order valence-electron chi connectivity index (χ3n) is 4.25. The monoisotopic (exact) mass is 239 g/mol. The molecule has 0 spiro atoms. The highest BCUT2D eigenvalue weighted by Gasteiger charge is 2.21. The number of likely N-dealkylation sites (tertiary alicyclic amines) is 1. The van der Waals surface area contributed by atoms with Crippen molar-refractivity contribution < 1.29 is 0 Å². The highest BCUT2D eigenvalue weighted by Crippen LogP contribution is 2.18. The SMILES string of the molecule is CC1CNCCCN(CC2CCN(C)CC2)C1. The summed E-state index contributed by atoms with van der Waals surface area (Å²) in [4.78, 5) is 5.19. The summed E-state index contributed by atoms with van der Waals surface area (Å²) in [6.45, 7) is 11.3. The van der Waals surface area contributed by atoms with E-state index in [-0.39, 0.29) is 0 Å². The molecule has 2 saturated heterocycles. The summed E-state index contributed by atoms with van der Waals surface area (Å²) in [6, 6.07) is 0. The molecule has 0 aliphatic carbocycles. The van der Waals surface area contributed by atoms with E-state index in [9.17, 15) is 0 Å². The molecule has 2 heterocycles. The van der Waals surface area contributed by atoms with Crippen LogP contribution in [0.4, 0.5) is 0 Å². The van der Waals surface area contributed by atoms with Crippen LogP contribution in [0.5, 0.6) is 0 Å². The fourth-order valence-electron chi connectivity index (χ4n) is 3.15. The summed E-state index contributed by atoms with van der Waals surface area (Å²) in [5.74, 6) is 1.76. The van der Waals surface area contributed by atoms with Crippen molar-refractivity contribution in [1.29, 1.82) is 0 Å². The topological polar surface area (TPSA) is 18.5 Å². The molecule has 2 aliphatic rings. The van der Waals surface area contributed by atoms with Crippen molar-refractivity contribution in [3.05, 3.63) is 0 Å². The van der Waals surface area contributed by atoms with E-state index < -0.39 is 0 Å². The van der Waals surface area contributed by atoms with Crippen LogP contribution in [0, 0.1) is 11.8 Å². The van der Waals surface area contributed by atoms with E-state index in [2.05, 4.69) is 29.1 Å². The van der Waals surface area contributed by atoms with Gasteiger partial charge in [0, 0.05) is 13.1 Å². The van der Waals surface area contributed by atoms with Crippen LogP contribution >= 0.6 is 0 Å². The van der Waals surface area contributed by atoms with E-state index in [1.54, 1.807) is 0 Å². The van der Waals surface area contributed by atoms with E-state index >= 15 is 0 Å². The Morgan fingerprint density at radius 3 is 2.71 bits per heavy atom. The highest BCUT2D eigenvalue weighted by molar-refractivity contribution is 4.76. The molecule has 17 heavy (non-hydrogen) atoms. The van der Waals surface area contributed by atoms with Crippen LogP contribution in [0.2, 0.25) is 0 Å². The van der Waals surface area contributed by atoms with Crippen LogP contribution in [0.15, 0.2) is 0 Å². The van der Waals surface area contributed by atoms with Crippen LogP contribution < -0.4 is 5.32 Å². The van der Waals surface area contributed by atoms with Gasteiger partial charge in [-0.25, -0.2) is 0 Å². The van der Waals surface area contributed by atoms with Gasteiger partial charge in [-0.3, -0.25) is 0 Å². The molecule has 1 N–H and O–H groups in total. The first kappa shape index (κ1) is 13.3. The molecular weight excluding hydrogens is 210 g/mol. The second-order valence-corrected chi connectivity index (χ2v) is 6.17. The van der Waals surface area contributed by atoms with Crippen molar-refractivity contribution in [2.24, 2.45) is 11.8 Å². The third kappa shape index (κ3) is 4.57. The van der Waals surface area contributed by atoms with E-state index in [0.717, 1.165) is 11.8 Å². The largest absolute Gasteiger partial charge is 0.316 e. The molecule has 0 aromatic rings. The lowest BCUT2D eigenvalue weighted by atomic mass is 9.96. The number of rotatable bonds is 2. The Labute approximate surface area is 107 Å². The van der Waals surface area contributed by atoms with Gasteiger partial charge in [0.15, 0.2) is 0 Å². The Morgan fingerprint density at radius 1 is 1.18 bits per heavy atom. The summed E-state index contributed by atoms with van der Waals surface area (Å²) < 4.78 is 0. The first-order valence-electron chi connectivity index (χ1n) is 7.35. The maximum Gasteiger partial charge on any atom is 0.00193 e. The zero-order chi connectivity index (χ0) is 12.1.